The van der Waals surface area contributed by atoms with Crippen LogP contribution in [0.2, 0.25) is 0 Å². The first-order valence-electron chi connectivity index (χ1n) is 6.49. The summed E-state index contributed by atoms with van der Waals surface area (Å²) >= 11 is 0. The van der Waals surface area contributed by atoms with Crippen molar-refractivity contribution in [1.82, 2.24) is 25.4 Å². The lowest BCUT2D eigenvalue weighted by molar-refractivity contribution is 0.672. The van der Waals surface area contributed by atoms with Crippen molar-refractivity contribution in [2.45, 2.75) is 13.1 Å². The highest BCUT2D eigenvalue weighted by Gasteiger charge is 2.03. The van der Waals surface area contributed by atoms with Crippen molar-refractivity contribution in [3.8, 4) is 6.07 Å². The topological polar surface area (TPSA) is 90.9 Å². The zero-order valence-corrected chi connectivity index (χ0v) is 12.0. The fourth-order valence-corrected chi connectivity index (χ4v) is 1.80. The summed E-state index contributed by atoms with van der Waals surface area (Å²) in [6, 6.07) is 9.59. The monoisotopic (exact) mass is 283 g/mol. The van der Waals surface area contributed by atoms with E-state index in [0.717, 1.165) is 11.4 Å². The third kappa shape index (κ3) is 4.04. The summed E-state index contributed by atoms with van der Waals surface area (Å²) in [6.07, 6.45) is 1.51. The van der Waals surface area contributed by atoms with E-state index in [2.05, 4.69) is 31.8 Å². The molecule has 7 heteroatoms. The van der Waals surface area contributed by atoms with Crippen LogP contribution >= 0.6 is 0 Å². The summed E-state index contributed by atoms with van der Waals surface area (Å²) in [7, 11) is 3.55. The van der Waals surface area contributed by atoms with Crippen molar-refractivity contribution in [1.29, 1.82) is 5.26 Å². The van der Waals surface area contributed by atoms with Crippen LogP contribution in [0.1, 0.15) is 17.0 Å². The maximum atomic E-state index is 8.88. The number of nitriles is 1. The van der Waals surface area contributed by atoms with Gasteiger partial charge in [0.25, 0.3) is 0 Å². The van der Waals surface area contributed by atoms with E-state index < -0.39 is 0 Å². The molecule has 0 unspecified atom stereocenters. The third-order valence-corrected chi connectivity index (χ3v) is 2.96. The maximum Gasteiger partial charge on any atom is 0.191 e. The average molecular weight is 283 g/mol. The molecule has 1 heterocycles. The van der Waals surface area contributed by atoms with Gasteiger partial charge in [0.1, 0.15) is 12.2 Å². The molecule has 0 saturated heterocycles. The molecule has 108 valence electrons. The van der Waals surface area contributed by atoms with Gasteiger partial charge in [-0.15, -0.1) is 0 Å². The summed E-state index contributed by atoms with van der Waals surface area (Å²) < 4.78 is 1.71. The largest absolute Gasteiger partial charge is 0.352 e. The van der Waals surface area contributed by atoms with Crippen molar-refractivity contribution in [2.24, 2.45) is 12.0 Å². The number of aliphatic imine (C=N–C) groups is 1. The van der Waals surface area contributed by atoms with Gasteiger partial charge in [0, 0.05) is 20.6 Å². The molecule has 21 heavy (non-hydrogen) atoms. The smallest absolute Gasteiger partial charge is 0.191 e. The highest BCUT2D eigenvalue weighted by Crippen LogP contribution is 2.03. The van der Waals surface area contributed by atoms with Crippen LogP contribution in [-0.4, -0.2) is 27.8 Å². The van der Waals surface area contributed by atoms with Gasteiger partial charge in [0.15, 0.2) is 5.96 Å². The number of nitrogens with one attached hydrogen (secondary N) is 2. The van der Waals surface area contributed by atoms with Gasteiger partial charge in [0.2, 0.25) is 0 Å². The Labute approximate surface area is 123 Å². The molecule has 0 aliphatic heterocycles. The molecule has 0 saturated carbocycles. The first-order chi connectivity index (χ1) is 10.2. The highest BCUT2D eigenvalue weighted by molar-refractivity contribution is 5.79. The van der Waals surface area contributed by atoms with Crippen molar-refractivity contribution in [3.63, 3.8) is 0 Å². The van der Waals surface area contributed by atoms with Gasteiger partial charge >= 0.3 is 0 Å². The van der Waals surface area contributed by atoms with Gasteiger partial charge < -0.3 is 10.6 Å². The van der Waals surface area contributed by atoms with E-state index >= 15 is 0 Å². The lowest BCUT2D eigenvalue weighted by Crippen LogP contribution is -2.36. The molecule has 0 spiro atoms. The quantitative estimate of drug-likeness (QED) is 0.631. The lowest BCUT2D eigenvalue weighted by Gasteiger charge is -2.11. The molecule has 1 aromatic heterocycles. The Morgan fingerprint density at radius 3 is 2.86 bits per heavy atom. The molecular weight excluding hydrogens is 266 g/mol. The predicted octanol–water partition coefficient (Wildman–Crippen LogP) is 0.552. The SMILES string of the molecule is CN=C(NCc1cccc(C#N)c1)NCc1ncnn1C. The Kier molecular flexibility index (Phi) is 4.88. The minimum absolute atomic E-state index is 0.536. The zero-order valence-electron chi connectivity index (χ0n) is 12.0. The minimum atomic E-state index is 0.536. The number of guanidine groups is 1. The normalized spacial score (nSPS) is 11.0. The van der Waals surface area contributed by atoms with Crippen LogP contribution in [0.4, 0.5) is 0 Å². The van der Waals surface area contributed by atoms with Crippen LogP contribution in [0.15, 0.2) is 35.6 Å². The van der Waals surface area contributed by atoms with Gasteiger partial charge in [-0.1, -0.05) is 12.1 Å². The van der Waals surface area contributed by atoms with Crippen molar-refractivity contribution < 1.29 is 0 Å². The van der Waals surface area contributed by atoms with Crippen LogP contribution in [0.5, 0.6) is 0 Å². The number of hydrogen-bond donors (Lipinski definition) is 2. The first-order valence-corrected chi connectivity index (χ1v) is 6.49. The summed E-state index contributed by atoms with van der Waals surface area (Å²) in [5.74, 6) is 1.49. The van der Waals surface area contributed by atoms with E-state index in [0.29, 0.717) is 24.6 Å². The number of benzene rings is 1. The predicted molar refractivity (Wildman–Crippen MR) is 79.2 cm³/mol. The molecule has 0 atom stereocenters. The van der Waals surface area contributed by atoms with Gasteiger partial charge in [-0.3, -0.25) is 9.67 Å². The molecule has 2 rings (SSSR count). The molecule has 0 aliphatic carbocycles. The first kappa shape index (κ1) is 14.5. The van der Waals surface area contributed by atoms with E-state index in [1.807, 2.05) is 25.2 Å². The standard InChI is InChI=1S/C14H17N7/c1-16-14(18-9-13-19-10-20-21(13)2)17-8-12-5-3-4-11(6-12)7-15/h3-6,10H,8-9H2,1-2H3,(H2,16,17,18). The summed E-state index contributed by atoms with van der Waals surface area (Å²) in [4.78, 5) is 8.28. The minimum Gasteiger partial charge on any atom is -0.352 e. The van der Waals surface area contributed by atoms with Gasteiger partial charge in [-0.2, -0.15) is 10.4 Å². The number of aromatic nitrogens is 3. The highest BCUT2D eigenvalue weighted by atomic mass is 15.3. The van der Waals surface area contributed by atoms with Crippen LogP contribution in [0, 0.1) is 11.3 Å². The molecule has 0 fully saturated rings. The number of aryl methyl sites for hydroxylation is 1. The van der Waals surface area contributed by atoms with E-state index in [4.69, 9.17) is 5.26 Å². The van der Waals surface area contributed by atoms with E-state index in [1.54, 1.807) is 17.8 Å². The van der Waals surface area contributed by atoms with Crippen LogP contribution in [0.25, 0.3) is 0 Å². The molecule has 0 radical (unpaired) electrons. The molecule has 0 amide bonds. The lowest BCUT2D eigenvalue weighted by atomic mass is 10.1. The molecule has 0 aliphatic rings. The fourth-order valence-electron chi connectivity index (χ4n) is 1.80. The second kappa shape index (κ2) is 7.05. The third-order valence-electron chi connectivity index (χ3n) is 2.96. The maximum absolute atomic E-state index is 8.88. The number of rotatable bonds is 4. The Morgan fingerprint density at radius 1 is 1.38 bits per heavy atom. The molecule has 1 aromatic carbocycles. The number of nitrogens with zero attached hydrogens (tertiary/aromatic N) is 5. The van der Waals surface area contributed by atoms with Crippen LogP contribution in [0.3, 0.4) is 0 Å². The summed E-state index contributed by atoms with van der Waals surface area (Å²) in [5, 5.41) is 19.2. The van der Waals surface area contributed by atoms with Crippen molar-refractivity contribution in [3.05, 3.63) is 47.5 Å². The number of hydrogen-bond acceptors (Lipinski definition) is 4. The molecule has 2 aromatic rings. The second-order valence-corrected chi connectivity index (χ2v) is 4.39. The molecule has 2 N–H and O–H groups in total. The molecule has 7 nitrogen and oxygen atoms in total. The van der Waals surface area contributed by atoms with Crippen molar-refractivity contribution >= 4 is 5.96 Å². The Balaban J connectivity index is 1.88. The Morgan fingerprint density at radius 2 is 2.19 bits per heavy atom. The summed E-state index contributed by atoms with van der Waals surface area (Å²) in [6.45, 7) is 1.13. The van der Waals surface area contributed by atoms with Crippen LogP contribution < -0.4 is 10.6 Å². The second-order valence-electron chi connectivity index (χ2n) is 4.39. The average Bonchev–Trinajstić information content (AvgIpc) is 2.93. The van der Waals surface area contributed by atoms with E-state index in [1.165, 1.54) is 6.33 Å². The zero-order chi connectivity index (χ0) is 15.1. The molecular formula is C14H17N7. The van der Waals surface area contributed by atoms with Crippen LogP contribution in [-0.2, 0) is 20.1 Å². The van der Waals surface area contributed by atoms with Crippen molar-refractivity contribution in [2.75, 3.05) is 7.05 Å². The summed E-state index contributed by atoms with van der Waals surface area (Å²) in [5.41, 5.74) is 1.67. The van der Waals surface area contributed by atoms with Gasteiger partial charge in [-0.05, 0) is 17.7 Å². The molecule has 0 bridgehead atoms. The van der Waals surface area contributed by atoms with E-state index in [9.17, 15) is 0 Å². The fraction of sp³-hybridized carbons (Fsp3) is 0.286. The van der Waals surface area contributed by atoms with E-state index in [-0.39, 0.29) is 0 Å². The van der Waals surface area contributed by atoms with Gasteiger partial charge in [0.05, 0.1) is 18.2 Å². The Bertz CT molecular complexity index is 666. The Hall–Kier alpha value is -2.88. The van der Waals surface area contributed by atoms with Gasteiger partial charge in [-0.25, -0.2) is 4.98 Å².